The van der Waals surface area contributed by atoms with Crippen molar-refractivity contribution in [3.8, 4) is 11.5 Å². The molecule has 0 heterocycles. The number of hydrogen-bond acceptors (Lipinski definition) is 3. The first-order valence-electron chi connectivity index (χ1n) is 7.60. The highest BCUT2D eigenvalue weighted by atomic mass is 79.9. The first-order chi connectivity index (χ1) is 11.9. The number of benzene rings is 2. The van der Waals surface area contributed by atoms with Crippen LogP contribution in [0, 0.1) is 0 Å². The lowest BCUT2D eigenvalue weighted by Crippen LogP contribution is -2.27. The molecular formula is C18H18BrF2NO3. The van der Waals surface area contributed by atoms with Gasteiger partial charge < -0.3 is 14.4 Å². The van der Waals surface area contributed by atoms with Gasteiger partial charge in [-0.05, 0) is 35.9 Å². The van der Waals surface area contributed by atoms with Crippen LogP contribution in [0.15, 0.2) is 53.0 Å². The maximum Gasteiger partial charge on any atom is 0.387 e. The molecule has 0 aliphatic heterocycles. The molecule has 134 valence electrons. The summed E-state index contributed by atoms with van der Waals surface area (Å²) in [6.45, 7) is -2.19. The third-order valence-corrected chi connectivity index (χ3v) is 3.87. The molecular weight excluding hydrogens is 396 g/mol. The van der Waals surface area contributed by atoms with Gasteiger partial charge in [-0.3, -0.25) is 4.79 Å². The minimum absolute atomic E-state index is 0.0668. The van der Waals surface area contributed by atoms with Crippen LogP contribution in [0.5, 0.6) is 11.5 Å². The molecule has 4 nitrogen and oxygen atoms in total. The summed E-state index contributed by atoms with van der Waals surface area (Å²) < 4.78 is 35.0. The average molecular weight is 414 g/mol. The van der Waals surface area contributed by atoms with Crippen molar-refractivity contribution in [1.29, 1.82) is 0 Å². The fraction of sp³-hybridized carbons (Fsp3) is 0.278. The normalized spacial score (nSPS) is 10.6. The number of carbonyl (C=O) groups excluding carboxylic acids is 1. The quantitative estimate of drug-likeness (QED) is 0.640. The highest BCUT2D eigenvalue weighted by Crippen LogP contribution is 2.18. The number of ether oxygens (including phenoxy) is 2. The number of carbonyl (C=O) groups is 1. The van der Waals surface area contributed by atoms with E-state index in [0.717, 1.165) is 10.0 Å². The van der Waals surface area contributed by atoms with E-state index in [0.29, 0.717) is 12.3 Å². The van der Waals surface area contributed by atoms with Crippen LogP contribution in [0.3, 0.4) is 0 Å². The Morgan fingerprint density at radius 3 is 2.52 bits per heavy atom. The van der Waals surface area contributed by atoms with Gasteiger partial charge in [0.25, 0.3) is 0 Å². The minimum atomic E-state index is -2.85. The summed E-state index contributed by atoms with van der Waals surface area (Å²) in [6, 6.07) is 13.6. The van der Waals surface area contributed by atoms with Crippen molar-refractivity contribution >= 4 is 21.8 Å². The van der Waals surface area contributed by atoms with Gasteiger partial charge in [-0.1, -0.05) is 34.1 Å². The third kappa shape index (κ3) is 6.70. The molecule has 2 aromatic rings. The van der Waals surface area contributed by atoms with E-state index < -0.39 is 6.61 Å². The Balaban J connectivity index is 1.77. The Bertz CT molecular complexity index is 695. The zero-order valence-electron chi connectivity index (χ0n) is 13.6. The van der Waals surface area contributed by atoms with Crippen LogP contribution in [0.2, 0.25) is 0 Å². The molecule has 0 unspecified atom stereocenters. The topological polar surface area (TPSA) is 38.8 Å². The van der Waals surface area contributed by atoms with E-state index in [1.54, 1.807) is 24.1 Å². The molecule has 0 saturated carbocycles. The van der Waals surface area contributed by atoms with Gasteiger partial charge in [0, 0.05) is 18.1 Å². The zero-order valence-corrected chi connectivity index (χ0v) is 15.2. The van der Waals surface area contributed by atoms with Crippen molar-refractivity contribution in [2.45, 2.75) is 19.6 Å². The maximum atomic E-state index is 12.1. The van der Waals surface area contributed by atoms with E-state index in [2.05, 4.69) is 20.7 Å². The first kappa shape index (κ1) is 19.2. The second-order valence-electron chi connectivity index (χ2n) is 5.33. The van der Waals surface area contributed by atoms with Gasteiger partial charge in [0.2, 0.25) is 5.91 Å². The van der Waals surface area contributed by atoms with Crippen LogP contribution in [0.25, 0.3) is 0 Å². The SMILES string of the molecule is CN(Cc1ccc(OC(F)F)cc1)C(=O)CCOc1cccc(Br)c1. The number of rotatable bonds is 8. The van der Waals surface area contributed by atoms with Crippen molar-refractivity contribution in [3.63, 3.8) is 0 Å². The van der Waals surface area contributed by atoms with Gasteiger partial charge in [-0.2, -0.15) is 8.78 Å². The van der Waals surface area contributed by atoms with Crippen molar-refractivity contribution in [2.75, 3.05) is 13.7 Å². The lowest BCUT2D eigenvalue weighted by Gasteiger charge is -2.18. The number of halogens is 3. The largest absolute Gasteiger partial charge is 0.493 e. The van der Waals surface area contributed by atoms with Crippen molar-refractivity contribution in [1.82, 2.24) is 4.90 Å². The molecule has 1 amide bonds. The van der Waals surface area contributed by atoms with Gasteiger partial charge in [0.05, 0.1) is 13.0 Å². The molecule has 0 aliphatic carbocycles. The predicted octanol–water partition coefficient (Wildman–Crippen LogP) is 4.48. The highest BCUT2D eigenvalue weighted by Gasteiger charge is 2.10. The smallest absolute Gasteiger partial charge is 0.387 e. The second kappa shape index (κ2) is 9.36. The van der Waals surface area contributed by atoms with Gasteiger partial charge in [0.1, 0.15) is 11.5 Å². The standard InChI is InChI=1S/C18H18BrF2NO3/c1-22(12-13-5-7-15(8-6-13)25-18(20)21)17(23)9-10-24-16-4-2-3-14(19)11-16/h2-8,11,18H,9-10,12H2,1H3. The molecule has 0 spiro atoms. The third-order valence-electron chi connectivity index (χ3n) is 3.37. The van der Waals surface area contributed by atoms with Crippen LogP contribution >= 0.6 is 15.9 Å². The Morgan fingerprint density at radius 2 is 1.88 bits per heavy atom. The van der Waals surface area contributed by atoms with Crippen LogP contribution in [-0.2, 0) is 11.3 Å². The van der Waals surface area contributed by atoms with Crippen LogP contribution < -0.4 is 9.47 Å². The molecule has 7 heteroatoms. The summed E-state index contributed by atoms with van der Waals surface area (Å²) in [7, 11) is 1.69. The average Bonchev–Trinajstić information content (AvgIpc) is 2.56. The fourth-order valence-electron chi connectivity index (χ4n) is 2.14. The highest BCUT2D eigenvalue weighted by molar-refractivity contribution is 9.10. The van der Waals surface area contributed by atoms with Crippen LogP contribution in [-0.4, -0.2) is 31.1 Å². The summed E-state index contributed by atoms with van der Waals surface area (Å²) in [5, 5.41) is 0. The molecule has 0 bridgehead atoms. The molecule has 0 saturated heterocycles. The summed E-state index contributed by atoms with van der Waals surface area (Å²) in [5.74, 6) is 0.720. The lowest BCUT2D eigenvalue weighted by molar-refractivity contribution is -0.130. The lowest BCUT2D eigenvalue weighted by atomic mass is 10.2. The zero-order chi connectivity index (χ0) is 18.2. The summed E-state index contributed by atoms with van der Waals surface area (Å²) in [4.78, 5) is 13.7. The van der Waals surface area contributed by atoms with E-state index >= 15 is 0 Å². The number of hydrogen-bond donors (Lipinski definition) is 0. The number of amides is 1. The molecule has 0 N–H and O–H groups in total. The maximum absolute atomic E-state index is 12.1. The molecule has 0 fully saturated rings. The Hall–Kier alpha value is -2.15. The number of nitrogens with zero attached hydrogens (tertiary/aromatic N) is 1. The number of alkyl halides is 2. The van der Waals surface area contributed by atoms with Gasteiger partial charge >= 0.3 is 6.61 Å². The van der Waals surface area contributed by atoms with E-state index in [9.17, 15) is 13.6 Å². The van der Waals surface area contributed by atoms with Gasteiger partial charge in [-0.15, -0.1) is 0 Å². The van der Waals surface area contributed by atoms with Gasteiger partial charge in [0.15, 0.2) is 0 Å². The Kier molecular flexibility index (Phi) is 7.18. The molecule has 0 aliphatic rings. The fourth-order valence-corrected chi connectivity index (χ4v) is 2.52. The van der Waals surface area contributed by atoms with E-state index in [-0.39, 0.29) is 24.7 Å². The Labute approximate surface area is 153 Å². The molecule has 2 rings (SSSR count). The predicted molar refractivity (Wildman–Crippen MR) is 93.8 cm³/mol. The second-order valence-corrected chi connectivity index (χ2v) is 6.24. The summed E-state index contributed by atoms with van der Waals surface area (Å²) in [6.07, 6.45) is 0.246. The van der Waals surface area contributed by atoms with Crippen molar-refractivity contribution in [2.24, 2.45) is 0 Å². The van der Waals surface area contributed by atoms with E-state index in [1.165, 1.54) is 12.1 Å². The van der Waals surface area contributed by atoms with Crippen molar-refractivity contribution < 1.29 is 23.0 Å². The first-order valence-corrected chi connectivity index (χ1v) is 8.39. The molecule has 0 atom stereocenters. The minimum Gasteiger partial charge on any atom is -0.493 e. The molecule has 0 radical (unpaired) electrons. The van der Waals surface area contributed by atoms with Crippen LogP contribution in [0.4, 0.5) is 8.78 Å². The molecule has 25 heavy (non-hydrogen) atoms. The van der Waals surface area contributed by atoms with E-state index in [4.69, 9.17) is 4.74 Å². The molecule has 0 aromatic heterocycles. The Morgan fingerprint density at radius 1 is 1.16 bits per heavy atom. The van der Waals surface area contributed by atoms with Crippen molar-refractivity contribution in [3.05, 3.63) is 58.6 Å². The van der Waals surface area contributed by atoms with Gasteiger partial charge in [-0.25, -0.2) is 0 Å². The summed E-state index contributed by atoms with van der Waals surface area (Å²) in [5.41, 5.74) is 0.824. The summed E-state index contributed by atoms with van der Waals surface area (Å²) >= 11 is 3.36. The van der Waals surface area contributed by atoms with E-state index in [1.807, 2.05) is 24.3 Å². The molecule has 2 aromatic carbocycles. The monoisotopic (exact) mass is 413 g/mol. The van der Waals surface area contributed by atoms with Crippen LogP contribution in [0.1, 0.15) is 12.0 Å².